The number of halogens is 1. The molecule has 1 aromatic rings. The number of sulfonamides is 1. The van der Waals surface area contributed by atoms with Gasteiger partial charge in [-0.15, -0.1) is 4.83 Å². The van der Waals surface area contributed by atoms with Crippen molar-refractivity contribution in [1.82, 2.24) is 14.7 Å². The number of urea groups is 1. The molecule has 34 heavy (non-hydrogen) atoms. The SMILES string of the molecule is CC(C)(C)OC(=O)N1CCN(NS(=O)(=O)c2c(Cl)ccc(N(C(N)=O)C3CCCC3)c2O)CC1. The molecule has 11 nitrogen and oxygen atoms in total. The van der Waals surface area contributed by atoms with Gasteiger partial charge in [-0.1, -0.05) is 24.4 Å². The Morgan fingerprint density at radius 1 is 1.18 bits per heavy atom. The number of phenols is 1. The number of carbonyl (C=O) groups is 2. The fourth-order valence-corrected chi connectivity index (χ4v) is 5.92. The molecule has 0 spiro atoms. The number of piperazine rings is 1. The first-order valence-corrected chi connectivity index (χ1v) is 13.0. The van der Waals surface area contributed by atoms with Crippen molar-refractivity contribution in [2.75, 3.05) is 31.1 Å². The second-order valence-corrected chi connectivity index (χ2v) is 11.4. The van der Waals surface area contributed by atoms with Crippen LogP contribution in [0.5, 0.6) is 5.75 Å². The number of benzene rings is 1. The molecule has 1 aromatic carbocycles. The van der Waals surface area contributed by atoms with E-state index >= 15 is 0 Å². The summed E-state index contributed by atoms with van der Waals surface area (Å²) in [6.07, 6.45) is 2.75. The van der Waals surface area contributed by atoms with E-state index in [1.807, 2.05) is 0 Å². The molecule has 1 saturated heterocycles. The predicted molar refractivity (Wildman–Crippen MR) is 127 cm³/mol. The Morgan fingerprint density at radius 2 is 1.76 bits per heavy atom. The monoisotopic (exact) mass is 517 g/mol. The van der Waals surface area contributed by atoms with Crippen LogP contribution in [-0.2, 0) is 14.8 Å². The van der Waals surface area contributed by atoms with E-state index in [0.717, 1.165) is 12.8 Å². The van der Waals surface area contributed by atoms with Gasteiger partial charge in [0.05, 0.1) is 10.7 Å². The second kappa shape index (κ2) is 10.1. The number of nitrogens with zero attached hydrogens (tertiary/aromatic N) is 3. The van der Waals surface area contributed by atoms with Crippen molar-refractivity contribution in [3.8, 4) is 5.75 Å². The zero-order valence-corrected chi connectivity index (χ0v) is 21.2. The minimum Gasteiger partial charge on any atom is -0.504 e. The van der Waals surface area contributed by atoms with Gasteiger partial charge in [-0.05, 0) is 45.7 Å². The highest BCUT2D eigenvalue weighted by Crippen LogP contribution is 2.41. The molecule has 1 aliphatic carbocycles. The molecular formula is C21H32ClN5O6S. The van der Waals surface area contributed by atoms with Crippen LogP contribution in [-0.4, -0.2) is 73.4 Å². The second-order valence-electron chi connectivity index (χ2n) is 9.44. The van der Waals surface area contributed by atoms with Gasteiger partial charge < -0.3 is 20.5 Å². The van der Waals surface area contributed by atoms with Gasteiger partial charge in [0.2, 0.25) is 0 Å². The maximum absolute atomic E-state index is 13.2. The Bertz CT molecular complexity index is 1030. The van der Waals surface area contributed by atoms with Crippen LogP contribution in [0, 0.1) is 0 Å². The van der Waals surface area contributed by atoms with Crippen LogP contribution in [0.2, 0.25) is 5.02 Å². The topological polar surface area (TPSA) is 146 Å². The van der Waals surface area contributed by atoms with Crippen LogP contribution >= 0.6 is 11.6 Å². The number of hydrogen-bond donors (Lipinski definition) is 3. The summed E-state index contributed by atoms with van der Waals surface area (Å²) in [6.45, 7) is 6.20. The van der Waals surface area contributed by atoms with Crippen LogP contribution in [0.3, 0.4) is 0 Å². The number of hydrazine groups is 1. The molecule has 1 aliphatic heterocycles. The number of anilines is 1. The molecule has 0 unspecified atom stereocenters. The predicted octanol–water partition coefficient (Wildman–Crippen LogP) is 2.62. The Hall–Kier alpha value is -2.28. The van der Waals surface area contributed by atoms with Crippen molar-refractivity contribution < 1.29 is 27.9 Å². The van der Waals surface area contributed by atoms with Gasteiger partial charge in [-0.25, -0.2) is 23.0 Å². The van der Waals surface area contributed by atoms with E-state index in [0.29, 0.717) is 12.8 Å². The molecule has 3 rings (SSSR count). The summed E-state index contributed by atoms with van der Waals surface area (Å²) in [7, 11) is -4.31. The summed E-state index contributed by atoms with van der Waals surface area (Å²) in [4.78, 5) is 29.0. The van der Waals surface area contributed by atoms with Crippen LogP contribution in [0.15, 0.2) is 17.0 Å². The quantitative estimate of drug-likeness (QED) is 0.544. The standard InChI is InChI=1S/C21H32ClN5O6S/c1-21(2,3)33-20(30)25-10-12-26(13-11-25)24-34(31,32)18-15(22)8-9-16(17(18)28)27(19(23)29)14-6-4-5-7-14/h8-9,14,24,28H,4-7,10-13H2,1-3H3,(H2,23,29). The number of carbonyl (C=O) groups excluding carboxylic acids is 2. The maximum atomic E-state index is 13.2. The van der Waals surface area contributed by atoms with E-state index in [-0.39, 0.29) is 42.9 Å². The van der Waals surface area contributed by atoms with Gasteiger partial charge in [-0.3, -0.25) is 4.90 Å². The molecule has 1 heterocycles. The third kappa shape index (κ3) is 6.04. The van der Waals surface area contributed by atoms with Crippen molar-refractivity contribution in [3.05, 3.63) is 17.2 Å². The maximum Gasteiger partial charge on any atom is 0.410 e. The first kappa shape index (κ1) is 26.3. The number of rotatable bonds is 5. The first-order chi connectivity index (χ1) is 15.8. The number of ether oxygens (including phenoxy) is 1. The fraction of sp³-hybridized carbons (Fsp3) is 0.619. The van der Waals surface area contributed by atoms with E-state index in [4.69, 9.17) is 22.1 Å². The molecule has 3 amide bonds. The summed E-state index contributed by atoms with van der Waals surface area (Å²) in [5, 5.41) is 12.1. The Balaban J connectivity index is 1.77. The van der Waals surface area contributed by atoms with E-state index in [9.17, 15) is 23.1 Å². The molecule has 2 aliphatic rings. The minimum atomic E-state index is -4.31. The molecule has 13 heteroatoms. The number of hydrogen-bond acceptors (Lipinski definition) is 7. The first-order valence-electron chi connectivity index (χ1n) is 11.2. The van der Waals surface area contributed by atoms with Crippen LogP contribution in [0.25, 0.3) is 0 Å². The van der Waals surface area contributed by atoms with Crippen LogP contribution < -0.4 is 15.5 Å². The van der Waals surface area contributed by atoms with E-state index < -0.39 is 38.4 Å². The van der Waals surface area contributed by atoms with Gasteiger partial charge in [0.25, 0.3) is 10.0 Å². The molecule has 0 radical (unpaired) electrons. The van der Waals surface area contributed by atoms with Gasteiger partial charge in [0.1, 0.15) is 10.5 Å². The normalized spacial score (nSPS) is 18.2. The number of primary amides is 1. The summed E-state index contributed by atoms with van der Waals surface area (Å²) in [6, 6.07) is 1.70. The Labute approximate surface area is 204 Å². The Kier molecular flexibility index (Phi) is 7.85. The van der Waals surface area contributed by atoms with Crippen molar-refractivity contribution in [1.29, 1.82) is 0 Å². The van der Waals surface area contributed by atoms with Gasteiger partial charge in [-0.2, -0.15) is 0 Å². The minimum absolute atomic E-state index is 0.001000. The van der Waals surface area contributed by atoms with Crippen molar-refractivity contribution in [2.45, 2.75) is 63.0 Å². The highest BCUT2D eigenvalue weighted by atomic mass is 35.5. The summed E-state index contributed by atoms with van der Waals surface area (Å²) in [5.74, 6) is -0.641. The average Bonchev–Trinajstić information content (AvgIpc) is 3.22. The smallest absolute Gasteiger partial charge is 0.410 e. The van der Waals surface area contributed by atoms with Crippen LogP contribution in [0.4, 0.5) is 15.3 Å². The van der Waals surface area contributed by atoms with E-state index in [1.165, 1.54) is 26.9 Å². The lowest BCUT2D eigenvalue weighted by molar-refractivity contribution is 0.0126. The number of nitrogens with two attached hydrogens (primary N) is 1. The molecule has 2 fully saturated rings. The number of aromatic hydroxyl groups is 1. The van der Waals surface area contributed by atoms with Crippen molar-refractivity contribution >= 4 is 39.4 Å². The zero-order valence-electron chi connectivity index (χ0n) is 19.6. The third-order valence-corrected chi connectivity index (χ3v) is 7.57. The summed E-state index contributed by atoms with van der Waals surface area (Å²) >= 11 is 6.17. The molecule has 190 valence electrons. The van der Waals surface area contributed by atoms with E-state index in [2.05, 4.69) is 4.83 Å². The lowest BCUT2D eigenvalue weighted by Gasteiger charge is -2.35. The highest BCUT2D eigenvalue weighted by Gasteiger charge is 2.34. The van der Waals surface area contributed by atoms with E-state index in [1.54, 1.807) is 20.8 Å². The average molecular weight is 518 g/mol. The van der Waals surface area contributed by atoms with Gasteiger partial charge in [0.15, 0.2) is 5.75 Å². The number of nitrogens with one attached hydrogen (secondary N) is 1. The molecule has 0 aromatic heterocycles. The third-order valence-electron chi connectivity index (χ3n) is 5.70. The molecule has 0 atom stereocenters. The lowest BCUT2D eigenvalue weighted by Crippen LogP contribution is -2.55. The lowest BCUT2D eigenvalue weighted by atomic mass is 10.1. The molecule has 4 N–H and O–H groups in total. The van der Waals surface area contributed by atoms with Crippen molar-refractivity contribution in [2.24, 2.45) is 5.73 Å². The summed E-state index contributed by atoms with van der Waals surface area (Å²) < 4.78 is 31.7. The molecule has 0 bridgehead atoms. The van der Waals surface area contributed by atoms with Crippen molar-refractivity contribution in [3.63, 3.8) is 0 Å². The Morgan fingerprint density at radius 3 is 2.29 bits per heavy atom. The highest BCUT2D eigenvalue weighted by molar-refractivity contribution is 7.89. The largest absolute Gasteiger partial charge is 0.504 e. The fourth-order valence-electron chi connectivity index (χ4n) is 4.17. The zero-order chi connectivity index (χ0) is 25.3. The van der Waals surface area contributed by atoms with Crippen LogP contribution in [0.1, 0.15) is 46.5 Å². The molecular weight excluding hydrogens is 486 g/mol. The van der Waals surface area contributed by atoms with Gasteiger partial charge >= 0.3 is 12.1 Å². The summed E-state index contributed by atoms with van der Waals surface area (Å²) in [5.41, 5.74) is 4.93. The van der Waals surface area contributed by atoms with Gasteiger partial charge in [0, 0.05) is 32.2 Å². The number of amides is 3. The number of phenolic OH excluding ortho intramolecular Hbond substituents is 1. The molecule has 1 saturated carbocycles.